The van der Waals surface area contributed by atoms with Crippen molar-refractivity contribution in [1.29, 1.82) is 0 Å². The molecule has 4 aromatic heterocycles. The maximum Gasteiger partial charge on any atom is 0.694 e. The zero-order valence-electron chi connectivity index (χ0n) is 41.5. The average Bonchev–Trinajstić information content (AvgIpc) is 4.21. The minimum Gasteiger partial charge on any atom is -0.390 e. The van der Waals surface area contributed by atoms with Crippen LogP contribution in [0.5, 0.6) is 0 Å². The van der Waals surface area contributed by atoms with Crippen molar-refractivity contribution in [1.82, 2.24) is 38.2 Å². The van der Waals surface area contributed by atoms with Gasteiger partial charge >= 0.3 is 46.7 Å². The summed E-state index contributed by atoms with van der Waals surface area (Å²) in [7, 11) is -13.6. The predicted molar refractivity (Wildman–Crippen MR) is 257 cm³/mol. The number of phosphoric acid groups is 2. The highest BCUT2D eigenvalue weighted by Crippen LogP contribution is 2.52. The summed E-state index contributed by atoms with van der Waals surface area (Å²) in [4.78, 5) is 139. The van der Waals surface area contributed by atoms with Gasteiger partial charge in [-0.2, -0.15) is 0 Å². The molecule has 4 aliphatic heterocycles. The molecule has 0 saturated carbocycles. The number of aromatic amines is 4. The molecule has 8 N–H and O–H groups in total. The Bertz CT molecular complexity index is 3480. The van der Waals surface area contributed by atoms with Crippen molar-refractivity contribution >= 4 is 23.9 Å². The van der Waals surface area contributed by atoms with Gasteiger partial charge in [-0.3, -0.25) is 75.5 Å². The van der Waals surface area contributed by atoms with E-state index in [0.717, 1.165) is 24.5 Å². The van der Waals surface area contributed by atoms with Crippen LogP contribution in [0.25, 0.3) is 0 Å². The standard InChI is InChI=1S/C41H53N8O26P3/c1-18-9-46(38(55)42-34(18)51)30-5-22(50)26(70-30)15-68-77(61,62)75-25-8-33(49-12-21(4)37(54)45-41(49)58)73-29(25)16-69-78(63,64)74-24-7-32(48-11-20(3)36(53)44-40(48)57)71-27(24)13-65-17-66-23-6-31(72-28(23)14-67-76(59)60)47-10-19(2)35(52)43-39(47)56/h9-12,22-33,50H,5-8,13-17H2,1-4H3,(H6-,42,43,44,45,51,52,53,54,55,56,57,58,59,60,61,62,63,64)/p+1/t22-,23-,24-,25-,26+,27+,28+,29+,30+,31+,32+,33+/m0/s1. The molecule has 15 atom stereocenters. The Morgan fingerprint density at radius 3 is 1.27 bits per heavy atom. The van der Waals surface area contributed by atoms with Gasteiger partial charge in [-0.05, 0) is 27.7 Å². The number of aryl methyl sites for hydroxylation is 4. The van der Waals surface area contributed by atoms with Crippen molar-refractivity contribution in [2.45, 2.75) is 127 Å². The van der Waals surface area contributed by atoms with Gasteiger partial charge in [-0.1, -0.05) is 0 Å². The highest BCUT2D eigenvalue weighted by molar-refractivity contribution is 7.47. The lowest BCUT2D eigenvalue weighted by Crippen LogP contribution is -2.34. The summed E-state index contributed by atoms with van der Waals surface area (Å²) < 4.78 is 104. The molecule has 4 saturated heterocycles. The van der Waals surface area contributed by atoms with Crippen LogP contribution in [0.15, 0.2) is 63.1 Å². The number of aromatic nitrogens is 8. The number of ether oxygens (including phenoxy) is 6. The van der Waals surface area contributed by atoms with Gasteiger partial charge in [-0.25, -0.2) is 28.3 Å². The molecule has 37 heteroatoms. The number of nitrogens with zero attached hydrogens (tertiary/aromatic N) is 4. The molecule has 34 nitrogen and oxygen atoms in total. The third-order valence-corrected chi connectivity index (χ3v) is 15.3. The van der Waals surface area contributed by atoms with E-state index in [0.29, 0.717) is 0 Å². The molecule has 428 valence electrons. The van der Waals surface area contributed by atoms with Crippen LogP contribution in [-0.2, 0) is 64.7 Å². The summed E-state index contributed by atoms with van der Waals surface area (Å²) in [5, 5.41) is 10.7. The van der Waals surface area contributed by atoms with E-state index in [9.17, 15) is 71.8 Å². The monoisotopic (exact) mass is 1170 g/mol. The summed E-state index contributed by atoms with van der Waals surface area (Å²) in [5.41, 5.74) is -5.73. The van der Waals surface area contributed by atoms with Gasteiger partial charge < -0.3 is 43.3 Å². The van der Waals surface area contributed by atoms with Gasteiger partial charge in [0.2, 0.25) is 0 Å². The van der Waals surface area contributed by atoms with Crippen LogP contribution in [0.4, 0.5) is 0 Å². The third kappa shape index (κ3) is 14.0. The van der Waals surface area contributed by atoms with Crippen LogP contribution in [0, 0.1) is 27.7 Å². The predicted octanol–water partition coefficient (Wildman–Crippen LogP) is -2.04. The Balaban J connectivity index is 0.947. The van der Waals surface area contributed by atoms with Crippen LogP contribution in [0.1, 0.15) is 72.8 Å². The molecule has 0 amide bonds. The first-order valence-electron chi connectivity index (χ1n) is 23.6. The fraction of sp³-hybridized carbons (Fsp3) is 0.610. The lowest BCUT2D eigenvalue weighted by Gasteiger charge is -2.25. The number of phosphoric ester groups is 2. The first-order valence-corrected chi connectivity index (χ1v) is 27.7. The Hall–Kier alpha value is -5.32. The SMILES string of the molecule is Cc1cn([C@H]2C[C@H](OCOC[C@H]3O[C@@H](n4cc(C)c(=O)[nH]c4=O)C[C@@H]3OP(=O)(O)OC[C@H]3O[C@@H](n4cc(C)c(=O)[nH]c4=O)C[C@@H]3OP(=O)(O)OC[C@H]3O[C@@H](n4cc(C)c(=O)[nH]c4=O)C[C@@H]3O)[C@@H](CO[P+](=O)O)O2)c(=O)[nH]c1=O. The maximum atomic E-state index is 13.9. The maximum absolute atomic E-state index is 13.9. The largest absolute Gasteiger partial charge is 0.694 e. The van der Waals surface area contributed by atoms with Crippen LogP contribution < -0.4 is 45.0 Å². The first kappa shape index (κ1) is 58.8. The fourth-order valence-electron chi connectivity index (χ4n) is 8.87. The minimum atomic E-state index is -5.31. The van der Waals surface area contributed by atoms with E-state index in [1.54, 1.807) is 0 Å². The molecule has 8 heterocycles. The van der Waals surface area contributed by atoms with Gasteiger partial charge in [0, 0.05) is 77.3 Å². The summed E-state index contributed by atoms with van der Waals surface area (Å²) in [5.74, 6) is 0. The minimum absolute atomic E-state index is 0.0512. The highest BCUT2D eigenvalue weighted by atomic mass is 31.2. The van der Waals surface area contributed by atoms with E-state index in [4.69, 9.17) is 51.0 Å². The van der Waals surface area contributed by atoms with E-state index in [-0.39, 0.29) is 41.5 Å². The molecular weight excluding hydrogens is 1110 g/mol. The second kappa shape index (κ2) is 24.2. The average molecular weight is 1170 g/mol. The molecule has 0 spiro atoms. The fourth-order valence-corrected chi connectivity index (χ4v) is 11.1. The first-order chi connectivity index (χ1) is 36.7. The van der Waals surface area contributed by atoms with Crippen molar-refractivity contribution < 1.29 is 84.5 Å². The summed E-state index contributed by atoms with van der Waals surface area (Å²) >= 11 is 0. The molecular formula is C41H54N8O26P3+. The summed E-state index contributed by atoms with van der Waals surface area (Å²) in [6.07, 6.45) is -11.6. The van der Waals surface area contributed by atoms with Crippen molar-refractivity contribution in [3.8, 4) is 0 Å². The van der Waals surface area contributed by atoms with Gasteiger partial charge in [0.15, 0.2) is 0 Å². The van der Waals surface area contributed by atoms with Crippen molar-refractivity contribution in [3.63, 3.8) is 0 Å². The highest BCUT2D eigenvalue weighted by Gasteiger charge is 2.47. The lowest BCUT2D eigenvalue weighted by atomic mass is 10.2. The number of nitrogens with one attached hydrogen (secondary N) is 4. The van der Waals surface area contributed by atoms with Crippen molar-refractivity contribution in [3.05, 3.63) is 130 Å². The molecule has 8 rings (SSSR count). The second-order valence-electron chi connectivity index (χ2n) is 18.5. The Kier molecular flexibility index (Phi) is 18.2. The van der Waals surface area contributed by atoms with E-state index in [1.807, 2.05) is 0 Å². The van der Waals surface area contributed by atoms with Crippen molar-refractivity contribution in [2.75, 3.05) is 33.2 Å². The smallest absolute Gasteiger partial charge is 0.390 e. The Labute approximate surface area is 436 Å². The summed E-state index contributed by atoms with van der Waals surface area (Å²) in [6, 6.07) is 0. The van der Waals surface area contributed by atoms with Gasteiger partial charge in [-0.15, -0.1) is 9.42 Å². The number of hydrogen-bond donors (Lipinski definition) is 8. The van der Waals surface area contributed by atoms with E-state index in [2.05, 4.69) is 19.9 Å². The molecule has 4 aromatic rings. The second-order valence-corrected chi connectivity index (χ2v) is 22.0. The topological polar surface area (TPSA) is 453 Å². The molecule has 0 bridgehead atoms. The van der Waals surface area contributed by atoms with E-state index >= 15 is 0 Å². The molecule has 78 heavy (non-hydrogen) atoms. The molecule has 4 aliphatic rings. The van der Waals surface area contributed by atoms with Gasteiger partial charge in [0.25, 0.3) is 22.2 Å². The summed E-state index contributed by atoms with van der Waals surface area (Å²) in [6.45, 7) is 2.39. The Morgan fingerprint density at radius 1 is 0.538 bits per heavy atom. The van der Waals surface area contributed by atoms with Crippen LogP contribution in [0.2, 0.25) is 0 Å². The molecule has 4 fully saturated rings. The normalized spacial score (nSPS) is 28.9. The molecule has 0 aromatic carbocycles. The molecule has 3 unspecified atom stereocenters. The third-order valence-electron chi connectivity index (χ3n) is 12.9. The number of hydrogen-bond acceptors (Lipinski definition) is 23. The number of aliphatic hydroxyl groups excluding tert-OH is 1. The van der Waals surface area contributed by atoms with E-state index < -0.39 is 182 Å². The quantitative estimate of drug-likeness (QED) is 0.0239. The number of H-pyrrole nitrogens is 4. The molecule has 0 radical (unpaired) electrons. The Morgan fingerprint density at radius 2 is 0.872 bits per heavy atom. The number of rotatable bonds is 22. The van der Waals surface area contributed by atoms with Gasteiger partial charge in [0.1, 0.15) is 74.9 Å². The zero-order valence-corrected chi connectivity index (χ0v) is 44.2. The van der Waals surface area contributed by atoms with Gasteiger partial charge in [0.05, 0.1) is 32.0 Å². The van der Waals surface area contributed by atoms with Crippen LogP contribution in [-0.4, -0.2) is 140 Å². The number of aliphatic hydroxyl groups is 1. The van der Waals surface area contributed by atoms with Crippen molar-refractivity contribution in [2.24, 2.45) is 0 Å². The molecule has 0 aliphatic carbocycles. The van der Waals surface area contributed by atoms with E-state index in [1.165, 1.54) is 46.3 Å². The van der Waals surface area contributed by atoms with Crippen LogP contribution >= 0.6 is 23.9 Å². The van der Waals surface area contributed by atoms with Crippen LogP contribution in [0.3, 0.4) is 0 Å². The lowest BCUT2D eigenvalue weighted by molar-refractivity contribution is -0.141. The zero-order chi connectivity index (χ0) is 56.5.